The number of rotatable bonds is 5. The van der Waals surface area contributed by atoms with E-state index in [1.54, 1.807) is 17.9 Å². The molecule has 1 amide bonds. The van der Waals surface area contributed by atoms with Crippen molar-refractivity contribution >= 4 is 5.91 Å². The number of β-amino-alcohol motifs (C(OH)–C–C–N with tert-alkyl or cyclic N) is 2. The van der Waals surface area contributed by atoms with Crippen LogP contribution < -0.4 is 4.74 Å². The lowest BCUT2D eigenvalue weighted by Crippen LogP contribution is -2.54. The van der Waals surface area contributed by atoms with Gasteiger partial charge in [0.2, 0.25) is 5.91 Å². The first kappa shape index (κ1) is 23.0. The number of halogens is 1. The van der Waals surface area contributed by atoms with E-state index in [4.69, 9.17) is 4.74 Å². The van der Waals surface area contributed by atoms with Crippen LogP contribution in [0.4, 0.5) is 4.39 Å². The standard InChI is InChI=1S/C23H35FN2O4/c1-18-13-20(7-8-21(18)24)30-17-23(29)15-25(11-12-26(16-23)19(2)27)14-22(28)9-5-3-4-6-10-22/h7-8,13,28-29H,3-6,9-12,14-17H2,1-2H3/t23-/m1/s1. The zero-order valence-corrected chi connectivity index (χ0v) is 18.2. The summed E-state index contributed by atoms with van der Waals surface area (Å²) in [5.74, 6) is 0.0806. The van der Waals surface area contributed by atoms with Gasteiger partial charge in [0.15, 0.2) is 0 Å². The van der Waals surface area contributed by atoms with E-state index in [1.807, 2.05) is 0 Å². The molecule has 0 spiro atoms. The molecule has 1 saturated carbocycles. The fourth-order valence-electron chi connectivity index (χ4n) is 4.62. The molecular formula is C23H35FN2O4. The molecule has 0 bridgehead atoms. The highest BCUT2D eigenvalue weighted by Crippen LogP contribution is 2.29. The molecule has 2 N–H and O–H groups in total. The average Bonchev–Trinajstić information content (AvgIpc) is 2.99. The minimum absolute atomic E-state index is 0.0171. The van der Waals surface area contributed by atoms with Crippen molar-refractivity contribution in [2.75, 3.05) is 39.3 Å². The van der Waals surface area contributed by atoms with Gasteiger partial charge in [0, 0.05) is 33.1 Å². The van der Waals surface area contributed by atoms with Crippen molar-refractivity contribution in [3.05, 3.63) is 29.6 Å². The number of nitrogens with zero attached hydrogens (tertiary/aromatic N) is 2. The summed E-state index contributed by atoms with van der Waals surface area (Å²) in [5.41, 5.74) is -1.56. The fourth-order valence-corrected chi connectivity index (χ4v) is 4.62. The van der Waals surface area contributed by atoms with Crippen LogP contribution in [-0.4, -0.2) is 76.5 Å². The van der Waals surface area contributed by atoms with Crippen molar-refractivity contribution in [3.63, 3.8) is 0 Å². The van der Waals surface area contributed by atoms with Gasteiger partial charge in [-0.05, 0) is 43.5 Å². The van der Waals surface area contributed by atoms with Gasteiger partial charge in [0.25, 0.3) is 0 Å². The van der Waals surface area contributed by atoms with Crippen molar-refractivity contribution in [3.8, 4) is 5.75 Å². The zero-order chi connectivity index (χ0) is 21.8. The molecule has 2 fully saturated rings. The van der Waals surface area contributed by atoms with E-state index < -0.39 is 11.2 Å². The largest absolute Gasteiger partial charge is 0.490 e. The average molecular weight is 423 g/mol. The Balaban J connectivity index is 1.72. The molecule has 2 aliphatic rings. The summed E-state index contributed by atoms with van der Waals surface area (Å²) < 4.78 is 19.3. The topological polar surface area (TPSA) is 73.2 Å². The SMILES string of the molecule is CC(=O)N1CCN(CC2(O)CCCCCC2)C[C@](O)(COc2ccc(F)c(C)c2)C1. The molecule has 3 rings (SSSR count). The Kier molecular flexibility index (Phi) is 7.37. The number of carbonyl (C=O) groups excluding carboxylic acids is 1. The highest BCUT2D eigenvalue weighted by molar-refractivity contribution is 5.73. The van der Waals surface area contributed by atoms with E-state index >= 15 is 0 Å². The summed E-state index contributed by atoms with van der Waals surface area (Å²) in [6.07, 6.45) is 5.86. The van der Waals surface area contributed by atoms with Gasteiger partial charge in [-0.1, -0.05) is 25.7 Å². The van der Waals surface area contributed by atoms with Crippen molar-refractivity contribution < 1.29 is 24.1 Å². The minimum atomic E-state index is -1.29. The van der Waals surface area contributed by atoms with Crippen LogP contribution >= 0.6 is 0 Å². The number of ether oxygens (including phenoxy) is 1. The molecule has 0 aromatic heterocycles. The smallest absolute Gasteiger partial charge is 0.219 e. The molecule has 1 heterocycles. The summed E-state index contributed by atoms with van der Waals surface area (Å²) >= 11 is 0. The van der Waals surface area contributed by atoms with Gasteiger partial charge in [0.05, 0.1) is 12.1 Å². The molecule has 1 saturated heterocycles. The van der Waals surface area contributed by atoms with Crippen LogP contribution in [-0.2, 0) is 4.79 Å². The van der Waals surface area contributed by atoms with Crippen molar-refractivity contribution in [1.82, 2.24) is 9.80 Å². The Morgan fingerprint density at radius 3 is 2.43 bits per heavy atom. The Hall–Kier alpha value is -1.70. The number of amides is 1. The molecule has 168 valence electrons. The Labute approximate surface area is 178 Å². The first-order valence-electron chi connectivity index (χ1n) is 11.0. The molecule has 1 aromatic carbocycles. The summed E-state index contributed by atoms with van der Waals surface area (Å²) in [6.45, 7) is 5.20. The summed E-state index contributed by atoms with van der Waals surface area (Å²) in [6, 6.07) is 4.48. The second kappa shape index (κ2) is 9.62. The summed E-state index contributed by atoms with van der Waals surface area (Å²) in [7, 11) is 0. The molecule has 1 aliphatic heterocycles. The summed E-state index contributed by atoms with van der Waals surface area (Å²) in [5, 5.41) is 22.5. The maximum atomic E-state index is 13.5. The highest BCUT2D eigenvalue weighted by Gasteiger charge is 2.39. The highest BCUT2D eigenvalue weighted by atomic mass is 19.1. The first-order chi connectivity index (χ1) is 14.2. The minimum Gasteiger partial charge on any atom is -0.490 e. The van der Waals surface area contributed by atoms with Crippen LogP contribution in [0.5, 0.6) is 5.75 Å². The monoisotopic (exact) mass is 422 g/mol. The van der Waals surface area contributed by atoms with Crippen LogP contribution in [0.3, 0.4) is 0 Å². The second-order valence-electron chi connectivity index (χ2n) is 9.21. The van der Waals surface area contributed by atoms with Gasteiger partial charge >= 0.3 is 0 Å². The predicted molar refractivity (Wildman–Crippen MR) is 113 cm³/mol. The van der Waals surface area contributed by atoms with E-state index in [-0.39, 0.29) is 24.9 Å². The van der Waals surface area contributed by atoms with E-state index in [2.05, 4.69) is 4.90 Å². The van der Waals surface area contributed by atoms with Crippen LogP contribution in [0.1, 0.15) is 51.0 Å². The third-order valence-corrected chi connectivity index (χ3v) is 6.32. The molecule has 6 nitrogen and oxygen atoms in total. The Morgan fingerprint density at radius 2 is 1.80 bits per heavy atom. The Bertz CT molecular complexity index is 736. The maximum absolute atomic E-state index is 13.5. The third kappa shape index (κ3) is 6.15. The van der Waals surface area contributed by atoms with Crippen molar-refractivity contribution in [2.24, 2.45) is 0 Å². The van der Waals surface area contributed by atoms with E-state index in [9.17, 15) is 19.4 Å². The molecule has 1 aromatic rings. The van der Waals surface area contributed by atoms with Gasteiger partial charge in [-0.3, -0.25) is 9.69 Å². The molecule has 1 atom stereocenters. The van der Waals surface area contributed by atoms with Crippen LogP contribution in [0.15, 0.2) is 18.2 Å². The molecular weight excluding hydrogens is 387 g/mol. The number of benzene rings is 1. The van der Waals surface area contributed by atoms with Gasteiger partial charge in [-0.15, -0.1) is 0 Å². The Morgan fingerprint density at radius 1 is 1.10 bits per heavy atom. The number of carbonyl (C=O) groups is 1. The normalized spacial score (nSPS) is 25.4. The maximum Gasteiger partial charge on any atom is 0.219 e. The number of aryl methyl sites for hydroxylation is 1. The zero-order valence-electron chi connectivity index (χ0n) is 18.2. The second-order valence-corrected chi connectivity index (χ2v) is 9.21. The van der Waals surface area contributed by atoms with Crippen molar-refractivity contribution in [2.45, 2.75) is 63.6 Å². The van der Waals surface area contributed by atoms with Crippen LogP contribution in [0, 0.1) is 12.7 Å². The van der Waals surface area contributed by atoms with Crippen molar-refractivity contribution in [1.29, 1.82) is 0 Å². The molecule has 0 radical (unpaired) electrons. The molecule has 1 aliphatic carbocycles. The number of hydrogen-bond acceptors (Lipinski definition) is 5. The van der Waals surface area contributed by atoms with Crippen LogP contribution in [0.2, 0.25) is 0 Å². The van der Waals surface area contributed by atoms with E-state index in [1.165, 1.54) is 19.1 Å². The fraction of sp³-hybridized carbons (Fsp3) is 0.696. The van der Waals surface area contributed by atoms with Gasteiger partial charge in [0.1, 0.15) is 23.8 Å². The van der Waals surface area contributed by atoms with Gasteiger partial charge in [-0.25, -0.2) is 4.39 Å². The lowest BCUT2D eigenvalue weighted by atomic mass is 9.93. The van der Waals surface area contributed by atoms with Gasteiger partial charge in [-0.2, -0.15) is 0 Å². The molecule has 0 unspecified atom stereocenters. The van der Waals surface area contributed by atoms with E-state index in [0.29, 0.717) is 37.5 Å². The lowest BCUT2D eigenvalue weighted by molar-refractivity contribution is -0.132. The van der Waals surface area contributed by atoms with Gasteiger partial charge < -0.3 is 19.8 Å². The first-order valence-corrected chi connectivity index (χ1v) is 11.0. The number of hydrogen-bond donors (Lipinski definition) is 2. The third-order valence-electron chi connectivity index (χ3n) is 6.32. The molecule has 30 heavy (non-hydrogen) atoms. The molecule has 7 heteroatoms. The quantitative estimate of drug-likeness (QED) is 0.714. The van der Waals surface area contributed by atoms with Crippen LogP contribution in [0.25, 0.3) is 0 Å². The summed E-state index contributed by atoms with van der Waals surface area (Å²) in [4.78, 5) is 15.8. The predicted octanol–water partition coefficient (Wildman–Crippen LogP) is 2.49. The van der Waals surface area contributed by atoms with E-state index in [0.717, 1.165) is 38.5 Å². The number of aliphatic hydroxyl groups is 2. The lowest BCUT2D eigenvalue weighted by Gasteiger charge is -2.36.